The van der Waals surface area contributed by atoms with Gasteiger partial charge in [0.1, 0.15) is 0 Å². The Kier molecular flexibility index (Phi) is 41.2. The molecule has 8 heteroatoms. The maximum absolute atomic E-state index is 5.24. The Morgan fingerprint density at radius 2 is 0.727 bits per heavy atom. The van der Waals surface area contributed by atoms with Crippen LogP contribution in [0, 0.1) is 0 Å². The standard InChI is InChI=1S/2C6H16N2O.C2H6S2/c2*7-3-1-5-9-6-2-4-8;3-1-2-4/h2*1-8H2;3-4H,1-2H2. The van der Waals surface area contributed by atoms with Crippen LogP contribution in [0.5, 0.6) is 0 Å². The molecule has 0 atom stereocenters. The Bertz CT molecular complexity index is 133. The van der Waals surface area contributed by atoms with Gasteiger partial charge in [0.25, 0.3) is 0 Å². The molecule has 0 aliphatic carbocycles. The van der Waals surface area contributed by atoms with E-state index in [-0.39, 0.29) is 0 Å². The van der Waals surface area contributed by atoms with E-state index in [9.17, 15) is 0 Å². The van der Waals surface area contributed by atoms with Crippen molar-refractivity contribution >= 4 is 25.3 Å². The molecule has 0 aliphatic heterocycles. The van der Waals surface area contributed by atoms with Crippen LogP contribution in [0.25, 0.3) is 0 Å². The first-order chi connectivity index (χ1) is 10.7. The quantitative estimate of drug-likeness (QED) is 0.207. The summed E-state index contributed by atoms with van der Waals surface area (Å²) in [5.41, 5.74) is 21.0. The van der Waals surface area contributed by atoms with Crippen molar-refractivity contribution in [1.29, 1.82) is 0 Å². The third kappa shape index (κ3) is 42.8. The summed E-state index contributed by atoms with van der Waals surface area (Å²) >= 11 is 7.69. The molecule has 0 rings (SSSR count). The summed E-state index contributed by atoms with van der Waals surface area (Å²) in [4.78, 5) is 0. The number of hydrogen-bond acceptors (Lipinski definition) is 8. The second kappa shape index (κ2) is 33.2. The van der Waals surface area contributed by atoms with Gasteiger partial charge in [0.05, 0.1) is 0 Å². The summed E-state index contributed by atoms with van der Waals surface area (Å²) in [6, 6.07) is 0. The zero-order valence-corrected chi connectivity index (χ0v) is 15.7. The molecular weight excluding hydrogens is 320 g/mol. The number of nitrogens with two attached hydrogens (primary N) is 4. The average Bonchev–Trinajstić information content (AvgIpc) is 2.55. The van der Waals surface area contributed by atoms with E-state index in [0.717, 1.165) is 63.6 Å². The lowest BCUT2D eigenvalue weighted by molar-refractivity contribution is 0.132. The third-order valence-corrected chi connectivity index (χ3v) is 2.87. The summed E-state index contributed by atoms with van der Waals surface area (Å²) in [6.07, 6.45) is 3.80. The summed E-state index contributed by atoms with van der Waals surface area (Å²) in [5.74, 6) is 1.76. The molecule has 0 aromatic rings. The minimum absolute atomic E-state index is 0.711. The summed E-state index contributed by atoms with van der Waals surface area (Å²) in [5, 5.41) is 0. The first-order valence-electron chi connectivity index (χ1n) is 7.92. The molecule has 0 bridgehead atoms. The molecule has 0 unspecified atom stereocenters. The van der Waals surface area contributed by atoms with E-state index in [1.165, 1.54) is 0 Å². The van der Waals surface area contributed by atoms with E-state index in [2.05, 4.69) is 25.3 Å². The lowest BCUT2D eigenvalue weighted by atomic mass is 10.4. The van der Waals surface area contributed by atoms with Crippen molar-refractivity contribution in [3.8, 4) is 0 Å². The van der Waals surface area contributed by atoms with Crippen LogP contribution in [-0.4, -0.2) is 64.1 Å². The highest BCUT2D eigenvalue weighted by Crippen LogP contribution is 1.82. The molecule has 0 aromatic heterocycles. The molecule has 22 heavy (non-hydrogen) atoms. The molecule has 0 heterocycles. The molecule has 0 aromatic carbocycles. The van der Waals surface area contributed by atoms with Crippen LogP contribution in [0.4, 0.5) is 0 Å². The van der Waals surface area contributed by atoms with Crippen molar-refractivity contribution in [2.24, 2.45) is 22.9 Å². The fourth-order valence-corrected chi connectivity index (χ4v) is 0.946. The minimum atomic E-state index is 0.711. The molecule has 0 saturated heterocycles. The third-order valence-electron chi connectivity index (χ3n) is 2.07. The van der Waals surface area contributed by atoms with Crippen LogP contribution < -0.4 is 22.9 Å². The molecule has 0 fully saturated rings. The van der Waals surface area contributed by atoms with Gasteiger partial charge < -0.3 is 32.4 Å². The van der Waals surface area contributed by atoms with Crippen molar-refractivity contribution < 1.29 is 9.47 Å². The largest absolute Gasteiger partial charge is 0.381 e. The van der Waals surface area contributed by atoms with Crippen LogP contribution in [0.1, 0.15) is 25.7 Å². The number of rotatable bonds is 13. The van der Waals surface area contributed by atoms with Gasteiger partial charge in [-0.15, -0.1) is 0 Å². The van der Waals surface area contributed by atoms with Crippen molar-refractivity contribution in [2.75, 3.05) is 64.1 Å². The van der Waals surface area contributed by atoms with Gasteiger partial charge in [-0.25, -0.2) is 0 Å². The Balaban J connectivity index is -0.000000266. The average molecular weight is 359 g/mol. The smallest absolute Gasteiger partial charge is 0.0478 e. The molecule has 8 N–H and O–H groups in total. The highest BCUT2D eigenvalue weighted by atomic mass is 32.1. The highest BCUT2D eigenvalue weighted by molar-refractivity contribution is 7.84. The van der Waals surface area contributed by atoms with E-state index >= 15 is 0 Å². The van der Waals surface area contributed by atoms with Crippen LogP contribution in [-0.2, 0) is 9.47 Å². The molecule has 0 spiro atoms. The fraction of sp³-hybridized carbons (Fsp3) is 1.00. The second-order valence-electron chi connectivity index (χ2n) is 4.24. The van der Waals surface area contributed by atoms with Crippen LogP contribution in [0.2, 0.25) is 0 Å². The Morgan fingerprint density at radius 1 is 0.500 bits per heavy atom. The predicted molar refractivity (Wildman–Crippen MR) is 104 cm³/mol. The predicted octanol–water partition coefficient (Wildman–Crippen LogP) is 0.247. The lowest BCUT2D eigenvalue weighted by Crippen LogP contribution is -2.08. The van der Waals surface area contributed by atoms with Crippen LogP contribution >= 0.6 is 25.3 Å². The first-order valence-corrected chi connectivity index (χ1v) is 9.19. The van der Waals surface area contributed by atoms with Gasteiger partial charge in [-0.1, -0.05) is 0 Å². The van der Waals surface area contributed by atoms with Gasteiger partial charge in [-0.2, -0.15) is 25.3 Å². The highest BCUT2D eigenvalue weighted by Gasteiger charge is 1.85. The zero-order chi connectivity index (χ0) is 17.3. The Morgan fingerprint density at radius 3 is 0.864 bits per heavy atom. The maximum Gasteiger partial charge on any atom is 0.0478 e. The van der Waals surface area contributed by atoms with Gasteiger partial charge in [-0.3, -0.25) is 0 Å². The monoisotopic (exact) mass is 358 g/mol. The number of thiol groups is 2. The van der Waals surface area contributed by atoms with Crippen LogP contribution in [0.15, 0.2) is 0 Å². The van der Waals surface area contributed by atoms with Crippen molar-refractivity contribution in [2.45, 2.75) is 25.7 Å². The van der Waals surface area contributed by atoms with E-state index in [4.69, 9.17) is 32.4 Å². The molecule has 6 nitrogen and oxygen atoms in total. The second-order valence-corrected chi connectivity index (χ2v) is 5.14. The summed E-state index contributed by atoms with van der Waals surface area (Å²) in [6.45, 7) is 5.94. The van der Waals surface area contributed by atoms with Crippen molar-refractivity contribution in [3.05, 3.63) is 0 Å². The van der Waals surface area contributed by atoms with Gasteiger partial charge in [0, 0.05) is 26.4 Å². The molecule has 0 aliphatic rings. The Hall–Kier alpha value is 0.460. The molecule has 138 valence electrons. The SMILES string of the molecule is NCCCOCCCN.NCCCOCCCN.SCCS. The topological polar surface area (TPSA) is 123 Å². The minimum Gasteiger partial charge on any atom is -0.381 e. The Labute approximate surface area is 147 Å². The van der Waals surface area contributed by atoms with Gasteiger partial charge >= 0.3 is 0 Å². The van der Waals surface area contributed by atoms with Crippen molar-refractivity contribution in [1.82, 2.24) is 0 Å². The fourth-order valence-electron chi connectivity index (χ4n) is 0.946. The zero-order valence-electron chi connectivity index (χ0n) is 13.9. The summed E-state index contributed by atoms with van der Waals surface area (Å²) < 4.78 is 10.3. The molecule has 0 radical (unpaired) electrons. The van der Waals surface area contributed by atoms with Crippen LogP contribution in [0.3, 0.4) is 0 Å². The lowest BCUT2D eigenvalue weighted by Gasteiger charge is -1.99. The molecular formula is C14H38N4O2S2. The summed E-state index contributed by atoms with van der Waals surface area (Å²) in [7, 11) is 0. The maximum atomic E-state index is 5.24. The number of hydrogen-bond donors (Lipinski definition) is 6. The first kappa shape index (κ1) is 27.3. The van der Waals surface area contributed by atoms with Gasteiger partial charge in [-0.05, 0) is 63.4 Å². The van der Waals surface area contributed by atoms with E-state index in [1.807, 2.05) is 0 Å². The molecule has 0 saturated carbocycles. The van der Waals surface area contributed by atoms with Crippen molar-refractivity contribution in [3.63, 3.8) is 0 Å². The normalized spacial score (nSPS) is 9.55. The van der Waals surface area contributed by atoms with E-state index in [0.29, 0.717) is 26.2 Å². The molecule has 0 amide bonds. The van der Waals surface area contributed by atoms with E-state index in [1.54, 1.807) is 0 Å². The van der Waals surface area contributed by atoms with E-state index < -0.39 is 0 Å². The number of ether oxygens (including phenoxy) is 2. The van der Waals surface area contributed by atoms with Gasteiger partial charge in [0.15, 0.2) is 0 Å². The van der Waals surface area contributed by atoms with Gasteiger partial charge in [0.2, 0.25) is 0 Å².